The van der Waals surface area contributed by atoms with Crippen LogP contribution in [0, 0.1) is 0 Å². The maximum Gasteiger partial charge on any atom is 0.471 e. The van der Waals surface area contributed by atoms with Crippen molar-refractivity contribution in [1.82, 2.24) is 9.97 Å². The van der Waals surface area contributed by atoms with E-state index >= 15 is 0 Å². The summed E-state index contributed by atoms with van der Waals surface area (Å²) in [6.07, 6.45) is -5.31. The number of halogens is 3. The van der Waals surface area contributed by atoms with Gasteiger partial charge in [-0.05, 0) is 0 Å². The van der Waals surface area contributed by atoms with Crippen molar-refractivity contribution < 1.29 is 27.9 Å². The fourth-order valence-corrected chi connectivity index (χ4v) is 0.950. The molecule has 0 radical (unpaired) electrons. The summed E-state index contributed by atoms with van der Waals surface area (Å²) in [5.41, 5.74) is -5.05. The Kier molecular flexibility index (Phi) is 3.26. The lowest BCUT2D eigenvalue weighted by molar-refractivity contribution is -0.167. The van der Waals surface area contributed by atoms with E-state index in [1.807, 2.05) is 0 Å². The summed E-state index contributed by atoms with van der Waals surface area (Å²) in [5, 5.41) is 9.64. The second-order valence-corrected chi connectivity index (χ2v) is 2.92. The molecule has 0 unspecified atom stereocenters. The minimum absolute atomic E-state index is 1.07. The maximum absolute atomic E-state index is 11.9. The Morgan fingerprint density at radius 1 is 1.17 bits per heavy atom. The first kappa shape index (κ1) is 13.5. The van der Waals surface area contributed by atoms with Crippen molar-refractivity contribution in [3.8, 4) is 0 Å². The second kappa shape index (κ2) is 4.35. The number of nitrogens with one attached hydrogen (secondary N) is 3. The molecule has 4 N–H and O–H groups in total. The van der Waals surface area contributed by atoms with E-state index in [0.29, 0.717) is 0 Å². The fourth-order valence-electron chi connectivity index (χ4n) is 0.950. The molecule has 18 heavy (non-hydrogen) atoms. The summed E-state index contributed by atoms with van der Waals surface area (Å²) in [4.78, 5) is 46.1. The Morgan fingerprint density at radius 3 is 2.17 bits per heavy atom. The molecule has 0 saturated heterocycles. The zero-order chi connectivity index (χ0) is 14.1. The summed E-state index contributed by atoms with van der Waals surface area (Å²) in [7, 11) is 0. The number of amides is 1. The Morgan fingerprint density at radius 2 is 1.72 bits per heavy atom. The molecule has 0 fully saturated rings. The average molecular weight is 267 g/mol. The predicted octanol–water partition coefficient (Wildman–Crippen LogP) is -0.738. The number of anilines is 1. The number of aromatic carboxylic acids is 1. The van der Waals surface area contributed by atoms with Crippen molar-refractivity contribution in [2.24, 2.45) is 0 Å². The van der Waals surface area contributed by atoms with Gasteiger partial charge in [0.15, 0.2) is 5.69 Å². The number of H-pyrrole nitrogens is 2. The standard InChI is InChI=1S/C7H4F3N3O5/c8-7(9,10)5(17)11-1-2(4(15)16)12-6(18)13-3(1)14/h(H,11,17)(H,15,16)(H2,12,13,14,18). The molecule has 1 heterocycles. The van der Waals surface area contributed by atoms with Gasteiger partial charge in [-0.2, -0.15) is 13.2 Å². The van der Waals surface area contributed by atoms with Gasteiger partial charge in [-0.1, -0.05) is 0 Å². The van der Waals surface area contributed by atoms with Gasteiger partial charge in [-0.15, -0.1) is 0 Å². The first-order valence-corrected chi connectivity index (χ1v) is 4.11. The lowest BCUT2D eigenvalue weighted by Crippen LogP contribution is -2.36. The van der Waals surface area contributed by atoms with Gasteiger partial charge in [0.05, 0.1) is 0 Å². The molecule has 1 aromatic heterocycles. The van der Waals surface area contributed by atoms with Gasteiger partial charge in [0.1, 0.15) is 5.69 Å². The Labute approximate surface area is 94.5 Å². The number of rotatable bonds is 2. The molecular weight excluding hydrogens is 263 g/mol. The van der Waals surface area contributed by atoms with Gasteiger partial charge >= 0.3 is 23.7 Å². The van der Waals surface area contributed by atoms with E-state index in [2.05, 4.69) is 0 Å². The number of hydrogen-bond acceptors (Lipinski definition) is 4. The smallest absolute Gasteiger partial charge is 0.471 e. The van der Waals surface area contributed by atoms with Crippen molar-refractivity contribution in [2.45, 2.75) is 6.18 Å². The SMILES string of the molecule is O=C(O)c1[nH]c(=O)[nH]c(=O)c1NC(=O)C(F)(F)F. The number of aromatic nitrogens is 2. The van der Waals surface area contributed by atoms with Crippen LogP contribution in [0.5, 0.6) is 0 Å². The third-order valence-corrected chi connectivity index (χ3v) is 1.65. The maximum atomic E-state index is 11.9. The minimum Gasteiger partial charge on any atom is -0.477 e. The monoisotopic (exact) mass is 267 g/mol. The highest BCUT2D eigenvalue weighted by molar-refractivity contribution is 6.00. The number of carbonyl (C=O) groups is 2. The average Bonchev–Trinajstić information content (AvgIpc) is 2.19. The van der Waals surface area contributed by atoms with Crippen molar-refractivity contribution >= 4 is 17.6 Å². The summed E-state index contributed by atoms with van der Waals surface area (Å²) in [6, 6.07) is 0. The Balaban J connectivity index is 3.33. The molecule has 1 aromatic rings. The normalized spacial score (nSPS) is 11.1. The van der Waals surface area contributed by atoms with Gasteiger partial charge < -0.3 is 10.4 Å². The van der Waals surface area contributed by atoms with Crippen LogP contribution in [0.25, 0.3) is 0 Å². The van der Waals surface area contributed by atoms with Crippen LogP contribution in [0.15, 0.2) is 9.59 Å². The largest absolute Gasteiger partial charge is 0.477 e. The number of carboxylic acids is 1. The van der Waals surface area contributed by atoms with Gasteiger partial charge in [-0.3, -0.25) is 19.6 Å². The molecule has 0 aliphatic heterocycles. The van der Waals surface area contributed by atoms with Crippen LogP contribution >= 0.6 is 0 Å². The van der Waals surface area contributed by atoms with E-state index in [0.717, 1.165) is 5.32 Å². The topological polar surface area (TPSA) is 132 Å². The van der Waals surface area contributed by atoms with E-state index in [1.165, 1.54) is 4.98 Å². The van der Waals surface area contributed by atoms with Crippen LogP contribution in [-0.4, -0.2) is 33.1 Å². The van der Waals surface area contributed by atoms with E-state index < -0.39 is 40.7 Å². The predicted molar refractivity (Wildman–Crippen MR) is 49.3 cm³/mol. The fraction of sp³-hybridized carbons (Fsp3) is 0.143. The highest BCUT2D eigenvalue weighted by Gasteiger charge is 2.39. The first-order valence-electron chi connectivity index (χ1n) is 4.11. The molecule has 0 aromatic carbocycles. The zero-order valence-corrected chi connectivity index (χ0v) is 8.21. The van der Waals surface area contributed by atoms with Crippen molar-refractivity contribution in [1.29, 1.82) is 0 Å². The molecule has 0 saturated carbocycles. The quantitative estimate of drug-likeness (QED) is 0.560. The van der Waals surface area contributed by atoms with Crippen LogP contribution in [-0.2, 0) is 4.79 Å². The summed E-state index contributed by atoms with van der Waals surface area (Å²) >= 11 is 0. The number of carbonyl (C=O) groups excluding carboxylic acids is 1. The van der Waals surface area contributed by atoms with Crippen molar-refractivity contribution in [3.63, 3.8) is 0 Å². The highest BCUT2D eigenvalue weighted by Crippen LogP contribution is 2.17. The van der Waals surface area contributed by atoms with Crippen molar-refractivity contribution in [3.05, 3.63) is 26.5 Å². The third-order valence-electron chi connectivity index (χ3n) is 1.65. The first-order chi connectivity index (χ1) is 8.12. The van der Waals surface area contributed by atoms with Gasteiger partial charge in [0.2, 0.25) is 0 Å². The van der Waals surface area contributed by atoms with Crippen LogP contribution in [0.2, 0.25) is 0 Å². The van der Waals surface area contributed by atoms with Gasteiger partial charge in [0, 0.05) is 0 Å². The summed E-state index contributed by atoms with van der Waals surface area (Å²) in [5.74, 6) is -4.42. The zero-order valence-electron chi connectivity index (χ0n) is 8.21. The molecule has 0 aliphatic carbocycles. The number of alkyl halides is 3. The molecule has 1 rings (SSSR count). The van der Waals surface area contributed by atoms with Crippen LogP contribution < -0.4 is 16.6 Å². The summed E-state index contributed by atoms with van der Waals surface area (Å²) in [6.45, 7) is 0. The van der Waals surface area contributed by atoms with Gasteiger partial charge in [0.25, 0.3) is 5.56 Å². The molecule has 11 heteroatoms. The lowest BCUT2D eigenvalue weighted by Gasteiger charge is -2.08. The third kappa shape index (κ3) is 2.75. The number of hydrogen-bond donors (Lipinski definition) is 4. The Hall–Kier alpha value is -2.59. The van der Waals surface area contributed by atoms with E-state index in [1.54, 1.807) is 4.98 Å². The molecule has 8 nitrogen and oxygen atoms in total. The van der Waals surface area contributed by atoms with E-state index in [-0.39, 0.29) is 0 Å². The Bertz CT molecular complexity index is 614. The second-order valence-electron chi connectivity index (χ2n) is 2.92. The van der Waals surface area contributed by atoms with Gasteiger partial charge in [-0.25, -0.2) is 9.59 Å². The van der Waals surface area contributed by atoms with Crippen LogP contribution in [0.1, 0.15) is 10.5 Å². The number of aromatic amines is 2. The molecule has 0 bridgehead atoms. The molecule has 0 aliphatic rings. The number of carboxylic acid groups (broad SMARTS) is 1. The highest BCUT2D eigenvalue weighted by atomic mass is 19.4. The molecule has 0 atom stereocenters. The van der Waals surface area contributed by atoms with E-state index in [4.69, 9.17) is 5.11 Å². The minimum atomic E-state index is -5.31. The van der Waals surface area contributed by atoms with Crippen LogP contribution in [0.3, 0.4) is 0 Å². The van der Waals surface area contributed by atoms with E-state index in [9.17, 15) is 32.3 Å². The molecule has 0 spiro atoms. The molecule has 1 amide bonds. The molecule has 98 valence electrons. The van der Waals surface area contributed by atoms with Crippen LogP contribution in [0.4, 0.5) is 18.9 Å². The lowest BCUT2D eigenvalue weighted by atomic mass is 10.3. The van der Waals surface area contributed by atoms with Crippen molar-refractivity contribution in [2.75, 3.05) is 5.32 Å². The molecular formula is C7H4F3N3O5. The summed E-state index contributed by atoms with van der Waals surface area (Å²) < 4.78 is 35.8.